The average Bonchev–Trinajstić information content (AvgIpc) is 2.26. The summed E-state index contributed by atoms with van der Waals surface area (Å²) in [7, 11) is 0. The summed E-state index contributed by atoms with van der Waals surface area (Å²) < 4.78 is 0. The Labute approximate surface area is 99.1 Å². The Morgan fingerprint density at radius 1 is 1.12 bits per heavy atom. The molecule has 0 atom stereocenters. The van der Waals surface area contributed by atoms with Crippen LogP contribution in [0.5, 0.6) is 0 Å². The van der Waals surface area contributed by atoms with E-state index in [0.717, 1.165) is 19.3 Å². The van der Waals surface area contributed by atoms with Gasteiger partial charge in [-0.1, -0.05) is 51.3 Å². The van der Waals surface area contributed by atoms with Gasteiger partial charge in [-0.2, -0.15) is 0 Å². The summed E-state index contributed by atoms with van der Waals surface area (Å²) in [6.07, 6.45) is 13.0. The number of unbranched alkanes of at least 4 members (excludes halogenated alkanes) is 4. The predicted molar refractivity (Wildman–Crippen MR) is 68.5 cm³/mol. The molecule has 2 nitrogen and oxygen atoms in total. The van der Waals surface area contributed by atoms with Crippen molar-refractivity contribution in [2.45, 2.75) is 58.8 Å². The summed E-state index contributed by atoms with van der Waals surface area (Å²) in [6, 6.07) is 0. The fraction of sp³-hybridized carbons (Fsp3) is 0.643. The van der Waals surface area contributed by atoms with E-state index >= 15 is 0 Å². The summed E-state index contributed by atoms with van der Waals surface area (Å²) >= 11 is 0. The first-order valence-electron chi connectivity index (χ1n) is 6.31. The first kappa shape index (κ1) is 14.9. The topological polar surface area (TPSA) is 37.3 Å². The summed E-state index contributed by atoms with van der Waals surface area (Å²) in [5.74, 6) is -0.786. The molecule has 0 aromatic carbocycles. The van der Waals surface area contributed by atoms with Gasteiger partial charge < -0.3 is 5.11 Å². The van der Waals surface area contributed by atoms with Crippen molar-refractivity contribution in [3.63, 3.8) is 0 Å². The normalized spacial score (nSPS) is 12.2. The highest BCUT2D eigenvalue weighted by Crippen LogP contribution is 2.08. The van der Waals surface area contributed by atoms with Gasteiger partial charge in [0.05, 0.1) is 0 Å². The Kier molecular flexibility index (Phi) is 9.78. The van der Waals surface area contributed by atoms with Crippen LogP contribution in [0.15, 0.2) is 23.8 Å². The number of carbonyl (C=O) groups is 1. The molecule has 1 N–H and O–H groups in total. The zero-order valence-corrected chi connectivity index (χ0v) is 10.5. The second kappa shape index (κ2) is 10.5. The van der Waals surface area contributed by atoms with Gasteiger partial charge in [-0.3, -0.25) is 0 Å². The average molecular weight is 224 g/mol. The van der Waals surface area contributed by atoms with E-state index in [2.05, 4.69) is 19.9 Å². The summed E-state index contributed by atoms with van der Waals surface area (Å²) in [4.78, 5) is 10.9. The highest BCUT2D eigenvalue weighted by atomic mass is 16.4. The molecule has 0 rings (SSSR count). The van der Waals surface area contributed by atoms with Crippen LogP contribution < -0.4 is 0 Å². The quantitative estimate of drug-likeness (QED) is 0.359. The standard InChI is InChI=1S/C14H24O2/c1-3-5-7-8-9-10-12-13(14(15)16)11-6-4-2/h9-10,12H,3-8,11H2,1-2H3,(H,15,16)/b10-9+,13-12+. The lowest BCUT2D eigenvalue weighted by molar-refractivity contribution is -0.132. The molecule has 0 aliphatic carbocycles. The summed E-state index contributed by atoms with van der Waals surface area (Å²) in [6.45, 7) is 4.25. The highest BCUT2D eigenvalue weighted by Gasteiger charge is 2.04. The van der Waals surface area contributed by atoms with E-state index in [1.54, 1.807) is 6.08 Å². The fourth-order valence-corrected chi connectivity index (χ4v) is 1.42. The molecule has 0 heterocycles. The van der Waals surface area contributed by atoms with E-state index < -0.39 is 5.97 Å². The maximum absolute atomic E-state index is 10.9. The molecule has 0 aliphatic heterocycles. The van der Waals surface area contributed by atoms with Crippen LogP contribution >= 0.6 is 0 Å². The Morgan fingerprint density at radius 2 is 1.81 bits per heavy atom. The number of carboxylic acid groups (broad SMARTS) is 1. The van der Waals surface area contributed by atoms with Crippen LogP contribution in [0, 0.1) is 0 Å². The van der Waals surface area contributed by atoms with Crippen molar-refractivity contribution in [2.24, 2.45) is 0 Å². The van der Waals surface area contributed by atoms with Crippen LogP contribution in [-0.4, -0.2) is 11.1 Å². The minimum absolute atomic E-state index is 0.522. The Morgan fingerprint density at radius 3 is 2.38 bits per heavy atom. The second-order valence-corrected chi connectivity index (χ2v) is 4.02. The number of hydrogen-bond donors (Lipinski definition) is 1. The summed E-state index contributed by atoms with van der Waals surface area (Å²) in [5, 5.41) is 8.94. The molecule has 0 aliphatic rings. The monoisotopic (exact) mass is 224 g/mol. The SMILES string of the molecule is CCCCC/C=C/C=C(\CCCC)C(=O)O. The van der Waals surface area contributed by atoms with Gasteiger partial charge in [-0.15, -0.1) is 0 Å². The van der Waals surface area contributed by atoms with Crippen LogP contribution in [0.25, 0.3) is 0 Å². The van der Waals surface area contributed by atoms with Gasteiger partial charge in [0, 0.05) is 5.57 Å². The molecule has 0 aromatic rings. The van der Waals surface area contributed by atoms with Gasteiger partial charge in [0.25, 0.3) is 0 Å². The molecule has 0 fully saturated rings. The summed E-state index contributed by atoms with van der Waals surface area (Å²) in [5.41, 5.74) is 0.522. The van der Waals surface area contributed by atoms with Crippen molar-refractivity contribution in [3.05, 3.63) is 23.8 Å². The predicted octanol–water partition coefficient (Wildman–Crippen LogP) is 4.32. The zero-order chi connectivity index (χ0) is 12.2. The molecule has 0 saturated heterocycles. The van der Waals surface area contributed by atoms with E-state index in [-0.39, 0.29) is 0 Å². The van der Waals surface area contributed by atoms with Crippen LogP contribution in [0.4, 0.5) is 0 Å². The van der Waals surface area contributed by atoms with Crippen molar-refractivity contribution in [1.29, 1.82) is 0 Å². The molecule has 92 valence electrons. The van der Waals surface area contributed by atoms with Gasteiger partial charge in [-0.05, 0) is 25.7 Å². The number of rotatable bonds is 9. The van der Waals surface area contributed by atoms with Crippen molar-refractivity contribution >= 4 is 5.97 Å². The molecular formula is C14H24O2. The second-order valence-electron chi connectivity index (χ2n) is 4.02. The van der Waals surface area contributed by atoms with Crippen LogP contribution in [-0.2, 0) is 4.79 Å². The molecule has 0 aromatic heterocycles. The number of carboxylic acids is 1. The van der Waals surface area contributed by atoms with E-state index in [1.165, 1.54) is 19.3 Å². The van der Waals surface area contributed by atoms with Crippen LogP contribution in [0.3, 0.4) is 0 Å². The van der Waals surface area contributed by atoms with Crippen molar-refractivity contribution in [2.75, 3.05) is 0 Å². The van der Waals surface area contributed by atoms with Gasteiger partial charge in [-0.25, -0.2) is 4.79 Å². The minimum atomic E-state index is -0.786. The van der Waals surface area contributed by atoms with Crippen LogP contribution in [0.2, 0.25) is 0 Å². The van der Waals surface area contributed by atoms with E-state index in [1.807, 2.05) is 6.08 Å². The highest BCUT2D eigenvalue weighted by molar-refractivity contribution is 5.86. The third kappa shape index (κ3) is 8.27. The lowest BCUT2D eigenvalue weighted by Gasteiger charge is -1.98. The number of hydrogen-bond acceptors (Lipinski definition) is 1. The lowest BCUT2D eigenvalue weighted by Crippen LogP contribution is -1.99. The number of allylic oxidation sites excluding steroid dienone is 3. The van der Waals surface area contributed by atoms with Gasteiger partial charge in [0.1, 0.15) is 0 Å². The molecule has 0 amide bonds. The maximum Gasteiger partial charge on any atom is 0.331 e. The van der Waals surface area contributed by atoms with Gasteiger partial charge in [0.2, 0.25) is 0 Å². The van der Waals surface area contributed by atoms with Crippen molar-refractivity contribution in [1.82, 2.24) is 0 Å². The minimum Gasteiger partial charge on any atom is -0.478 e. The van der Waals surface area contributed by atoms with Gasteiger partial charge in [0.15, 0.2) is 0 Å². The number of aliphatic carboxylic acids is 1. The molecule has 0 bridgehead atoms. The Bertz CT molecular complexity index is 239. The van der Waals surface area contributed by atoms with E-state index in [4.69, 9.17) is 5.11 Å². The molecular weight excluding hydrogens is 200 g/mol. The van der Waals surface area contributed by atoms with Crippen molar-refractivity contribution in [3.8, 4) is 0 Å². The first-order chi connectivity index (χ1) is 7.72. The lowest BCUT2D eigenvalue weighted by atomic mass is 10.1. The Balaban J connectivity index is 3.97. The Hall–Kier alpha value is -1.05. The maximum atomic E-state index is 10.9. The fourth-order valence-electron chi connectivity index (χ4n) is 1.42. The smallest absolute Gasteiger partial charge is 0.331 e. The van der Waals surface area contributed by atoms with Crippen LogP contribution in [0.1, 0.15) is 58.8 Å². The third-order valence-electron chi connectivity index (χ3n) is 2.48. The molecule has 0 radical (unpaired) electrons. The molecule has 16 heavy (non-hydrogen) atoms. The van der Waals surface area contributed by atoms with E-state index in [0.29, 0.717) is 12.0 Å². The largest absolute Gasteiger partial charge is 0.478 e. The molecule has 0 saturated carbocycles. The molecule has 0 spiro atoms. The zero-order valence-electron chi connectivity index (χ0n) is 10.5. The molecule has 0 unspecified atom stereocenters. The molecule has 2 heteroatoms. The van der Waals surface area contributed by atoms with E-state index in [9.17, 15) is 4.79 Å². The first-order valence-corrected chi connectivity index (χ1v) is 6.31. The van der Waals surface area contributed by atoms with Gasteiger partial charge >= 0.3 is 5.97 Å². The third-order valence-corrected chi connectivity index (χ3v) is 2.48. The van der Waals surface area contributed by atoms with Crippen molar-refractivity contribution < 1.29 is 9.90 Å².